The molecule has 0 amide bonds. The molecule has 3 nitrogen and oxygen atoms in total. The van der Waals surface area contributed by atoms with Gasteiger partial charge in [0.25, 0.3) is 0 Å². The van der Waals surface area contributed by atoms with Crippen molar-refractivity contribution in [2.45, 2.75) is 6.54 Å². The Morgan fingerprint density at radius 3 is 3.07 bits per heavy atom. The summed E-state index contributed by atoms with van der Waals surface area (Å²) in [5, 5.41) is 6.61. The van der Waals surface area contributed by atoms with E-state index in [9.17, 15) is 0 Å². The van der Waals surface area contributed by atoms with E-state index >= 15 is 0 Å². The molecule has 2 heterocycles. The van der Waals surface area contributed by atoms with Gasteiger partial charge in [-0.05, 0) is 22.0 Å². The number of hydrogen-bond donors (Lipinski definition) is 1. The number of nitrogens with zero attached hydrogens (tertiary/aromatic N) is 2. The lowest BCUT2D eigenvalue weighted by Crippen LogP contribution is -2.00. The van der Waals surface area contributed by atoms with Crippen LogP contribution in [0.2, 0.25) is 5.15 Å². The molecule has 0 aliphatic rings. The van der Waals surface area contributed by atoms with Gasteiger partial charge in [0.15, 0.2) is 5.15 Å². The van der Waals surface area contributed by atoms with Crippen molar-refractivity contribution in [1.29, 1.82) is 0 Å². The monoisotopic (exact) mass is 303 g/mol. The van der Waals surface area contributed by atoms with Crippen molar-refractivity contribution in [3.05, 3.63) is 38.5 Å². The molecule has 0 spiro atoms. The first-order valence-corrected chi connectivity index (χ1v) is 6.24. The Morgan fingerprint density at radius 1 is 1.47 bits per heavy atom. The van der Waals surface area contributed by atoms with Crippen molar-refractivity contribution in [2.24, 2.45) is 0 Å². The van der Waals surface area contributed by atoms with Crippen LogP contribution in [0.4, 0.5) is 5.69 Å². The van der Waals surface area contributed by atoms with Crippen LogP contribution in [0.3, 0.4) is 0 Å². The third-order valence-corrected chi connectivity index (χ3v) is 3.23. The molecule has 0 saturated carbocycles. The van der Waals surface area contributed by atoms with Crippen molar-refractivity contribution in [3.8, 4) is 0 Å². The van der Waals surface area contributed by atoms with Gasteiger partial charge in [-0.2, -0.15) is 0 Å². The quantitative estimate of drug-likeness (QED) is 0.881. The minimum atomic E-state index is 0.467. The molecule has 2 aromatic rings. The number of anilines is 1. The number of halogens is 2. The Labute approximate surface area is 105 Å². The molecule has 0 bridgehead atoms. The second kappa shape index (κ2) is 4.92. The fourth-order valence-corrected chi connectivity index (χ4v) is 2.12. The molecule has 1 N–H and O–H groups in total. The maximum Gasteiger partial charge on any atom is 0.152 e. The Kier molecular flexibility index (Phi) is 3.56. The number of pyridine rings is 1. The molecule has 0 saturated heterocycles. The van der Waals surface area contributed by atoms with Crippen LogP contribution in [-0.2, 0) is 6.54 Å². The Bertz CT molecular complexity index is 447. The minimum absolute atomic E-state index is 0.467. The van der Waals surface area contributed by atoms with Crippen molar-refractivity contribution in [1.82, 2.24) is 9.97 Å². The fourth-order valence-electron chi connectivity index (χ4n) is 1.06. The fraction of sp³-hybridized carbons (Fsp3) is 0.111. The second-order valence-corrected chi connectivity index (χ2v) is 5.02. The molecule has 0 unspecified atom stereocenters. The smallest absolute Gasteiger partial charge is 0.152 e. The van der Waals surface area contributed by atoms with Gasteiger partial charge in [0.05, 0.1) is 12.2 Å². The van der Waals surface area contributed by atoms with Gasteiger partial charge in [-0.3, -0.25) is 0 Å². The summed E-state index contributed by atoms with van der Waals surface area (Å²) in [4.78, 5) is 8.18. The molecule has 2 rings (SSSR count). The number of hydrogen-bond acceptors (Lipinski definition) is 4. The summed E-state index contributed by atoms with van der Waals surface area (Å²) < 4.78 is 0.897. The van der Waals surface area contributed by atoms with Crippen LogP contribution in [-0.4, -0.2) is 9.97 Å². The van der Waals surface area contributed by atoms with E-state index in [2.05, 4.69) is 31.2 Å². The van der Waals surface area contributed by atoms with Crippen molar-refractivity contribution < 1.29 is 0 Å². The molecule has 0 fully saturated rings. The molecule has 2 aromatic heterocycles. The number of nitrogens with one attached hydrogen (secondary N) is 1. The van der Waals surface area contributed by atoms with Crippen LogP contribution < -0.4 is 5.32 Å². The molecule has 0 aliphatic heterocycles. The van der Waals surface area contributed by atoms with Gasteiger partial charge >= 0.3 is 0 Å². The summed E-state index contributed by atoms with van der Waals surface area (Å²) in [5.41, 5.74) is 0.807. The zero-order valence-electron chi connectivity index (χ0n) is 7.58. The lowest BCUT2D eigenvalue weighted by molar-refractivity contribution is 1.10. The Morgan fingerprint density at radius 2 is 2.33 bits per heavy atom. The van der Waals surface area contributed by atoms with Crippen LogP contribution in [0.1, 0.15) is 5.01 Å². The van der Waals surface area contributed by atoms with E-state index in [1.54, 1.807) is 23.7 Å². The second-order valence-electron chi connectivity index (χ2n) is 2.77. The third kappa shape index (κ3) is 2.90. The normalized spacial score (nSPS) is 10.3. The average Bonchev–Trinajstić information content (AvgIpc) is 2.72. The van der Waals surface area contributed by atoms with E-state index in [0.717, 1.165) is 15.2 Å². The molecule has 0 aromatic carbocycles. The SMILES string of the molecule is Clc1ncc(Br)cc1NCc1nccs1. The standard InChI is InChI=1S/C9H7BrClN3S/c10-6-3-7(9(11)14-4-6)13-5-8-12-1-2-15-8/h1-4,13H,5H2. The van der Waals surface area contributed by atoms with Crippen molar-refractivity contribution in [2.75, 3.05) is 5.32 Å². The molecular weight excluding hydrogens is 298 g/mol. The summed E-state index contributed by atoms with van der Waals surface area (Å²) in [5.74, 6) is 0. The highest BCUT2D eigenvalue weighted by molar-refractivity contribution is 9.10. The first-order valence-electron chi connectivity index (χ1n) is 4.19. The van der Waals surface area contributed by atoms with E-state index < -0.39 is 0 Å². The Balaban J connectivity index is 2.07. The molecule has 15 heavy (non-hydrogen) atoms. The van der Waals surface area contributed by atoms with E-state index in [-0.39, 0.29) is 0 Å². The van der Waals surface area contributed by atoms with Crippen molar-refractivity contribution >= 4 is 44.6 Å². The van der Waals surface area contributed by atoms with Gasteiger partial charge in [0.1, 0.15) is 5.01 Å². The van der Waals surface area contributed by atoms with Gasteiger partial charge in [-0.1, -0.05) is 11.6 Å². The highest BCUT2D eigenvalue weighted by atomic mass is 79.9. The predicted molar refractivity (Wildman–Crippen MR) is 66.4 cm³/mol. The highest BCUT2D eigenvalue weighted by Crippen LogP contribution is 2.23. The molecule has 0 aliphatic carbocycles. The lowest BCUT2D eigenvalue weighted by atomic mass is 10.4. The maximum atomic E-state index is 5.92. The van der Waals surface area contributed by atoms with Crippen LogP contribution in [0.25, 0.3) is 0 Å². The van der Waals surface area contributed by atoms with E-state index in [1.807, 2.05) is 11.4 Å². The average molecular weight is 305 g/mol. The van der Waals surface area contributed by atoms with Gasteiger partial charge in [-0.15, -0.1) is 11.3 Å². The summed E-state index contributed by atoms with van der Waals surface area (Å²) in [6.07, 6.45) is 3.44. The van der Waals surface area contributed by atoms with Gasteiger partial charge < -0.3 is 5.32 Å². The van der Waals surface area contributed by atoms with Crippen LogP contribution in [0, 0.1) is 0 Å². The first-order chi connectivity index (χ1) is 7.25. The summed E-state index contributed by atoms with van der Waals surface area (Å²) in [6.45, 7) is 0.662. The Hall–Kier alpha value is -0.650. The molecule has 78 valence electrons. The topological polar surface area (TPSA) is 37.8 Å². The third-order valence-electron chi connectivity index (χ3n) is 1.72. The van der Waals surface area contributed by atoms with Crippen LogP contribution in [0.15, 0.2) is 28.3 Å². The minimum Gasteiger partial charge on any atom is -0.376 e. The van der Waals surface area contributed by atoms with Crippen LogP contribution >= 0.6 is 38.9 Å². The molecular formula is C9H7BrClN3S. The van der Waals surface area contributed by atoms with Crippen LogP contribution in [0.5, 0.6) is 0 Å². The zero-order valence-corrected chi connectivity index (χ0v) is 10.7. The van der Waals surface area contributed by atoms with Gasteiger partial charge in [0, 0.05) is 22.2 Å². The molecule has 0 atom stereocenters. The molecule has 0 radical (unpaired) electrons. The van der Waals surface area contributed by atoms with Gasteiger partial charge in [-0.25, -0.2) is 9.97 Å². The zero-order chi connectivity index (χ0) is 10.7. The number of thiazole rings is 1. The van der Waals surface area contributed by atoms with E-state index in [1.165, 1.54) is 0 Å². The maximum absolute atomic E-state index is 5.92. The first kappa shape index (κ1) is 10.9. The lowest BCUT2D eigenvalue weighted by Gasteiger charge is -2.05. The summed E-state index contributed by atoms with van der Waals surface area (Å²) in [6, 6.07) is 1.89. The van der Waals surface area contributed by atoms with E-state index in [0.29, 0.717) is 11.7 Å². The largest absolute Gasteiger partial charge is 0.376 e. The molecule has 6 heteroatoms. The highest BCUT2D eigenvalue weighted by Gasteiger charge is 2.02. The number of aromatic nitrogens is 2. The summed E-state index contributed by atoms with van der Waals surface area (Å²) >= 11 is 10.9. The number of rotatable bonds is 3. The predicted octanol–water partition coefficient (Wildman–Crippen LogP) is 3.57. The summed E-state index contributed by atoms with van der Waals surface area (Å²) in [7, 11) is 0. The van der Waals surface area contributed by atoms with Crippen molar-refractivity contribution in [3.63, 3.8) is 0 Å². The van der Waals surface area contributed by atoms with Gasteiger partial charge in [0.2, 0.25) is 0 Å². The van der Waals surface area contributed by atoms with E-state index in [4.69, 9.17) is 11.6 Å².